The third kappa shape index (κ3) is 6.40. The first-order valence-electron chi connectivity index (χ1n) is 12.0. The van der Waals surface area contributed by atoms with Crippen molar-refractivity contribution in [3.05, 3.63) is 47.2 Å². The van der Waals surface area contributed by atoms with Gasteiger partial charge in [-0.15, -0.1) is 0 Å². The number of benzene rings is 1. The van der Waals surface area contributed by atoms with Crippen LogP contribution >= 0.6 is 0 Å². The maximum Gasteiger partial charge on any atom is 0.254 e. The number of carbonyl (C=O) groups is 2. The number of likely N-dealkylation sites (tertiary alicyclic amines) is 1. The normalized spacial score (nSPS) is 19.5. The molecule has 188 valence electrons. The summed E-state index contributed by atoms with van der Waals surface area (Å²) in [6.45, 7) is 10.2. The fourth-order valence-electron chi connectivity index (χ4n) is 4.20. The number of nitriles is 1. The van der Waals surface area contributed by atoms with Crippen LogP contribution in [0.25, 0.3) is 0 Å². The van der Waals surface area contributed by atoms with Gasteiger partial charge in [0.25, 0.3) is 5.88 Å². The van der Waals surface area contributed by atoms with Gasteiger partial charge >= 0.3 is 0 Å². The highest BCUT2D eigenvalue weighted by Gasteiger charge is 2.43. The number of nitrogens with one attached hydrogen (secondary N) is 1. The summed E-state index contributed by atoms with van der Waals surface area (Å²) in [7, 11) is 0. The van der Waals surface area contributed by atoms with Crippen LogP contribution in [0.3, 0.4) is 0 Å². The highest BCUT2D eigenvalue weighted by atomic mass is 16.5. The molecule has 3 rings (SSSR count). The maximum absolute atomic E-state index is 13.6. The predicted molar refractivity (Wildman–Crippen MR) is 128 cm³/mol. The highest BCUT2D eigenvalue weighted by Crippen LogP contribution is 2.32. The van der Waals surface area contributed by atoms with Crippen LogP contribution in [0, 0.1) is 23.2 Å². The van der Waals surface area contributed by atoms with Gasteiger partial charge in [-0.25, -0.2) is 0 Å². The largest absolute Gasteiger partial charge is 0.475 e. The number of aliphatic hydroxyl groups excluding tert-OH is 1. The van der Waals surface area contributed by atoms with Crippen molar-refractivity contribution in [2.45, 2.75) is 65.1 Å². The summed E-state index contributed by atoms with van der Waals surface area (Å²) in [6.07, 6.45) is -0.644. The van der Waals surface area contributed by atoms with Crippen LogP contribution in [0.2, 0.25) is 0 Å². The minimum absolute atomic E-state index is 0.0657. The number of aliphatic hydroxyl groups is 1. The molecule has 0 aliphatic carbocycles. The van der Waals surface area contributed by atoms with Crippen molar-refractivity contribution in [1.82, 2.24) is 15.4 Å². The second-order valence-electron chi connectivity index (χ2n) is 9.85. The predicted octanol–water partition coefficient (Wildman–Crippen LogP) is 3.16. The molecule has 0 saturated carbocycles. The molecule has 1 aromatic heterocycles. The van der Waals surface area contributed by atoms with E-state index >= 15 is 0 Å². The minimum atomic E-state index is -0.806. The first kappa shape index (κ1) is 26.2. The molecule has 1 aliphatic heterocycles. The molecule has 1 saturated heterocycles. The third-order valence-electron chi connectivity index (χ3n) is 6.07. The first-order chi connectivity index (χ1) is 16.6. The van der Waals surface area contributed by atoms with Gasteiger partial charge in [-0.1, -0.05) is 39.8 Å². The molecule has 1 aliphatic rings. The van der Waals surface area contributed by atoms with Crippen LogP contribution in [-0.2, 0) is 9.59 Å². The lowest BCUT2D eigenvalue weighted by Crippen LogP contribution is -2.48. The van der Waals surface area contributed by atoms with Crippen molar-refractivity contribution < 1.29 is 24.0 Å². The van der Waals surface area contributed by atoms with Crippen molar-refractivity contribution in [2.75, 3.05) is 13.2 Å². The molecule has 1 aromatic carbocycles. The van der Waals surface area contributed by atoms with Gasteiger partial charge in [0.15, 0.2) is 5.76 Å². The summed E-state index contributed by atoms with van der Waals surface area (Å²) in [4.78, 5) is 28.2. The van der Waals surface area contributed by atoms with Crippen molar-refractivity contribution >= 4 is 11.8 Å². The number of amides is 2. The van der Waals surface area contributed by atoms with E-state index < -0.39 is 18.1 Å². The molecular formula is C26H34N4O5. The molecule has 1 fully saturated rings. The average molecular weight is 483 g/mol. The summed E-state index contributed by atoms with van der Waals surface area (Å²) in [5.41, 5.74) is 1.37. The second kappa shape index (κ2) is 11.4. The third-order valence-corrected chi connectivity index (χ3v) is 6.07. The Hall–Kier alpha value is -3.38. The van der Waals surface area contributed by atoms with E-state index in [0.29, 0.717) is 29.7 Å². The SMILES string of the molecule is CC(C)COc1cc([C@H](C(=O)N2C[C@H](O)C[C@H]2C(=O)N[C@@H](C)c2ccc(C#N)cc2)C(C)C)on1. The zero-order valence-electron chi connectivity index (χ0n) is 20.9. The highest BCUT2D eigenvalue weighted by molar-refractivity contribution is 5.91. The van der Waals surface area contributed by atoms with Gasteiger partial charge < -0.3 is 24.6 Å². The summed E-state index contributed by atoms with van der Waals surface area (Å²) < 4.78 is 11.1. The number of ether oxygens (including phenoxy) is 1. The molecule has 0 spiro atoms. The van der Waals surface area contributed by atoms with E-state index in [2.05, 4.69) is 16.5 Å². The second-order valence-corrected chi connectivity index (χ2v) is 9.85. The van der Waals surface area contributed by atoms with Gasteiger partial charge in [-0.2, -0.15) is 5.26 Å². The number of nitrogens with zero attached hydrogens (tertiary/aromatic N) is 3. The van der Waals surface area contributed by atoms with E-state index in [1.54, 1.807) is 30.3 Å². The molecule has 0 unspecified atom stereocenters. The number of carbonyl (C=O) groups excluding carboxylic acids is 2. The molecular weight excluding hydrogens is 448 g/mol. The molecule has 35 heavy (non-hydrogen) atoms. The lowest BCUT2D eigenvalue weighted by molar-refractivity contribution is -0.141. The molecule has 2 aromatic rings. The Kier molecular flexibility index (Phi) is 8.52. The average Bonchev–Trinajstić information content (AvgIpc) is 3.44. The molecule has 2 heterocycles. The van der Waals surface area contributed by atoms with E-state index in [1.165, 1.54) is 4.90 Å². The Bertz CT molecular complexity index is 1060. The topological polar surface area (TPSA) is 129 Å². The van der Waals surface area contributed by atoms with Crippen molar-refractivity contribution in [2.24, 2.45) is 11.8 Å². The van der Waals surface area contributed by atoms with Crippen LogP contribution in [0.1, 0.15) is 69.9 Å². The number of aromatic nitrogens is 1. The molecule has 9 nitrogen and oxygen atoms in total. The molecule has 2 amide bonds. The summed E-state index contributed by atoms with van der Waals surface area (Å²) in [5, 5.41) is 26.2. The van der Waals surface area contributed by atoms with E-state index in [1.807, 2.05) is 34.6 Å². The fourth-order valence-corrected chi connectivity index (χ4v) is 4.20. The van der Waals surface area contributed by atoms with E-state index in [-0.39, 0.29) is 36.7 Å². The smallest absolute Gasteiger partial charge is 0.254 e. The standard InChI is InChI=1S/C26H34N4O5/c1-15(2)14-34-23-11-22(35-29-23)24(16(3)4)26(33)30-13-20(31)10-21(30)25(32)28-17(5)19-8-6-18(12-27)7-9-19/h6-9,11,15-17,20-21,24,31H,10,13-14H2,1-5H3,(H,28,32)/t17-,20+,21-,24+/m0/s1. The Morgan fingerprint density at radius 3 is 2.54 bits per heavy atom. The lowest BCUT2D eigenvalue weighted by Gasteiger charge is -2.29. The van der Waals surface area contributed by atoms with Gasteiger partial charge in [0, 0.05) is 19.0 Å². The minimum Gasteiger partial charge on any atom is -0.475 e. The van der Waals surface area contributed by atoms with Crippen molar-refractivity contribution in [1.29, 1.82) is 5.26 Å². The van der Waals surface area contributed by atoms with Gasteiger partial charge in [-0.3, -0.25) is 9.59 Å². The fraction of sp³-hybridized carbons (Fsp3) is 0.538. The Morgan fingerprint density at radius 1 is 1.26 bits per heavy atom. The molecule has 9 heteroatoms. The van der Waals surface area contributed by atoms with Crippen LogP contribution in [0.5, 0.6) is 5.88 Å². The van der Waals surface area contributed by atoms with Gasteiger partial charge in [-0.05, 0) is 41.6 Å². The summed E-state index contributed by atoms with van der Waals surface area (Å²) in [6, 6.07) is 9.51. The van der Waals surface area contributed by atoms with Gasteiger partial charge in [0.05, 0.1) is 30.4 Å². The number of hydrogen-bond donors (Lipinski definition) is 2. The Balaban J connectivity index is 1.74. The maximum atomic E-state index is 13.6. The van der Waals surface area contributed by atoms with Crippen molar-refractivity contribution in [3.63, 3.8) is 0 Å². The lowest BCUT2D eigenvalue weighted by atomic mass is 9.91. The zero-order valence-corrected chi connectivity index (χ0v) is 20.9. The van der Waals surface area contributed by atoms with Gasteiger partial charge in [0.2, 0.25) is 11.8 Å². The van der Waals surface area contributed by atoms with Crippen molar-refractivity contribution in [3.8, 4) is 11.9 Å². The first-order valence-corrected chi connectivity index (χ1v) is 12.0. The summed E-state index contributed by atoms with van der Waals surface area (Å²) >= 11 is 0. The van der Waals surface area contributed by atoms with E-state index in [0.717, 1.165) is 5.56 Å². The van der Waals surface area contributed by atoms with E-state index in [4.69, 9.17) is 14.5 Å². The van der Waals surface area contributed by atoms with E-state index in [9.17, 15) is 14.7 Å². The summed E-state index contributed by atoms with van der Waals surface area (Å²) in [5.74, 6) is -0.436. The molecule has 0 bridgehead atoms. The number of rotatable bonds is 9. The van der Waals surface area contributed by atoms with Crippen LogP contribution in [0.4, 0.5) is 0 Å². The molecule has 0 radical (unpaired) electrons. The van der Waals surface area contributed by atoms with Crippen LogP contribution < -0.4 is 10.1 Å². The number of β-amino-alcohol motifs (C(OH)–C–C–N with tert-alkyl or cyclic N) is 1. The van der Waals surface area contributed by atoms with Crippen LogP contribution in [-0.4, -0.2) is 52.3 Å². The Morgan fingerprint density at radius 2 is 1.94 bits per heavy atom. The zero-order chi connectivity index (χ0) is 25.7. The van der Waals surface area contributed by atoms with Gasteiger partial charge in [0.1, 0.15) is 12.0 Å². The molecule has 2 N–H and O–H groups in total. The number of hydrogen-bond acceptors (Lipinski definition) is 7. The molecule has 4 atom stereocenters. The monoisotopic (exact) mass is 482 g/mol. The Labute approximate surface area is 206 Å². The van der Waals surface area contributed by atoms with Crippen LogP contribution in [0.15, 0.2) is 34.9 Å². The quantitative estimate of drug-likeness (QED) is 0.562.